The molecule has 1 aliphatic carbocycles. The molecule has 0 unspecified atom stereocenters. The van der Waals surface area contributed by atoms with Gasteiger partial charge in [0.2, 0.25) is 0 Å². The van der Waals surface area contributed by atoms with Crippen LogP contribution >= 0.6 is 0 Å². The normalized spacial score (nSPS) is 10.8. The molecule has 2 heterocycles. The quantitative estimate of drug-likeness (QED) is 0.789. The number of carbonyl (C=O) groups is 1. The second-order valence-electron chi connectivity index (χ2n) is 4.84. The minimum Gasteiger partial charge on any atom is -0.478 e. The van der Waals surface area contributed by atoms with Gasteiger partial charge in [-0.2, -0.15) is 0 Å². The Labute approximate surface area is 124 Å². The van der Waals surface area contributed by atoms with Gasteiger partial charge in [0.15, 0.2) is 5.43 Å². The van der Waals surface area contributed by atoms with Gasteiger partial charge in [-0.3, -0.25) is 9.78 Å². The van der Waals surface area contributed by atoms with E-state index in [2.05, 4.69) is 4.98 Å². The van der Waals surface area contributed by atoms with E-state index in [-0.39, 0.29) is 16.7 Å². The molecule has 0 bridgehead atoms. The van der Waals surface area contributed by atoms with Crippen molar-refractivity contribution in [2.45, 2.75) is 6.92 Å². The first kappa shape index (κ1) is 13.9. The summed E-state index contributed by atoms with van der Waals surface area (Å²) in [5.41, 5.74) is 0.499. The molecule has 0 amide bonds. The maximum atomic E-state index is 14.1. The molecule has 2 aliphatic rings. The summed E-state index contributed by atoms with van der Waals surface area (Å²) in [7, 11) is 0. The van der Waals surface area contributed by atoms with Crippen LogP contribution in [0.5, 0.6) is 0 Å². The zero-order valence-corrected chi connectivity index (χ0v) is 11.6. The molecule has 0 atom stereocenters. The first-order valence-electron chi connectivity index (χ1n) is 6.48. The molecule has 110 valence electrons. The number of carboxylic acids is 1. The van der Waals surface area contributed by atoms with Crippen LogP contribution < -0.4 is 5.43 Å². The molecular weight excluding hydrogens is 287 g/mol. The van der Waals surface area contributed by atoms with Crippen LogP contribution in [0.2, 0.25) is 0 Å². The number of benzene rings is 1. The van der Waals surface area contributed by atoms with Crippen LogP contribution in [0.3, 0.4) is 0 Å². The molecule has 0 fully saturated rings. The number of nitrogens with zero attached hydrogens (tertiary/aromatic N) is 2. The van der Waals surface area contributed by atoms with Crippen LogP contribution in [-0.2, 0) is 0 Å². The summed E-state index contributed by atoms with van der Waals surface area (Å²) < 4.78 is 15.6. The third-order valence-electron chi connectivity index (χ3n) is 3.49. The number of pyridine rings is 2. The standard InChI is InChI=1S/C16H11FN2O3/c1-9-15(16(21)22)12-5-11(20)6-14(17)13(12)8-19(9)10-3-2-4-18-7-10/h2-8H,1H3,(H,21,22). The summed E-state index contributed by atoms with van der Waals surface area (Å²) in [4.78, 5) is 27.1. The van der Waals surface area contributed by atoms with Crippen molar-refractivity contribution in [3.8, 4) is 16.8 Å². The van der Waals surface area contributed by atoms with Crippen molar-refractivity contribution in [2.24, 2.45) is 0 Å². The largest absolute Gasteiger partial charge is 0.478 e. The van der Waals surface area contributed by atoms with E-state index in [1.54, 1.807) is 36.0 Å². The predicted octanol–water partition coefficient (Wildman–Crippen LogP) is 2.48. The molecule has 0 radical (unpaired) electrons. The van der Waals surface area contributed by atoms with Crippen molar-refractivity contribution in [2.75, 3.05) is 0 Å². The highest BCUT2D eigenvalue weighted by atomic mass is 19.1. The molecule has 1 aliphatic heterocycles. The summed E-state index contributed by atoms with van der Waals surface area (Å²) in [5, 5.41) is 9.46. The number of carboxylic acid groups (broad SMARTS) is 1. The van der Waals surface area contributed by atoms with Gasteiger partial charge in [-0.1, -0.05) is 0 Å². The Morgan fingerprint density at radius 1 is 1.32 bits per heavy atom. The minimum atomic E-state index is -1.22. The minimum absolute atomic E-state index is 0.0754. The molecule has 0 spiro atoms. The third-order valence-corrected chi connectivity index (χ3v) is 3.49. The summed E-state index contributed by atoms with van der Waals surface area (Å²) in [6.45, 7) is 1.60. The van der Waals surface area contributed by atoms with Crippen LogP contribution in [0.15, 0.2) is 47.7 Å². The number of halogens is 1. The summed E-state index contributed by atoms with van der Waals surface area (Å²) in [6.07, 6.45) is 4.61. The lowest BCUT2D eigenvalue weighted by Crippen LogP contribution is -2.15. The number of aromatic nitrogens is 2. The first-order chi connectivity index (χ1) is 10.5. The monoisotopic (exact) mass is 298 g/mol. The van der Waals surface area contributed by atoms with Gasteiger partial charge in [-0.05, 0) is 25.1 Å². The van der Waals surface area contributed by atoms with Crippen molar-refractivity contribution in [1.29, 1.82) is 0 Å². The third kappa shape index (κ3) is 2.14. The Morgan fingerprint density at radius 3 is 2.73 bits per heavy atom. The molecule has 6 heteroatoms. The van der Waals surface area contributed by atoms with E-state index in [1.165, 1.54) is 6.20 Å². The molecule has 1 N–H and O–H groups in total. The van der Waals surface area contributed by atoms with Gasteiger partial charge in [0.25, 0.3) is 0 Å². The number of aromatic carboxylic acids is 1. The number of rotatable bonds is 2. The highest BCUT2D eigenvalue weighted by Gasteiger charge is 2.23. The number of fused-ring (bicyclic) bond motifs is 1. The van der Waals surface area contributed by atoms with Crippen molar-refractivity contribution in [1.82, 2.24) is 9.55 Å². The van der Waals surface area contributed by atoms with Gasteiger partial charge in [-0.25, -0.2) is 9.18 Å². The van der Waals surface area contributed by atoms with Crippen LogP contribution in [0.25, 0.3) is 16.8 Å². The van der Waals surface area contributed by atoms with Gasteiger partial charge in [0.05, 0.1) is 17.4 Å². The van der Waals surface area contributed by atoms with Crippen molar-refractivity contribution in [3.05, 3.63) is 70.2 Å². The van der Waals surface area contributed by atoms with Gasteiger partial charge in [0, 0.05) is 35.3 Å². The van der Waals surface area contributed by atoms with Crippen molar-refractivity contribution >= 4 is 5.97 Å². The van der Waals surface area contributed by atoms with Crippen LogP contribution in [0, 0.1) is 12.7 Å². The molecule has 1 aromatic heterocycles. The van der Waals surface area contributed by atoms with Crippen LogP contribution in [0.1, 0.15) is 16.1 Å². The lowest BCUT2D eigenvalue weighted by atomic mass is 9.97. The van der Waals surface area contributed by atoms with Crippen molar-refractivity contribution < 1.29 is 14.3 Å². The topological polar surface area (TPSA) is 72.2 Å². The second kappa shape index (κ2) is 5.07. The Hall–Kier alpha value is -3.02. The van der Waals surface area contributed by atoms with E-state index < -0.39 is 17.2 Å². The fourth-order valence-electron chi connectivity index (χ4n) is 2.51. The first-order valence-corrected chi connectivity index (χ1v) is 6.48. The Kier molecular flexibility index (Phi) is 3.21. The smallest absolute Gasteiger partial charge is 0.338 e. The fraction of sp³-hybridized carbons (Fsp3) is 0.0625. The van der Waals surface area contributed by atoms with E-state index in [1.807, 2.05) is 0 Å². The summed E-state index contributed by atoms with van der Waals surface area (Å²) >= 11 is 0. The maximum absolute atomic E-state index is 14.1. The Morgan fingerprint density at radius 2 is 2.09 bits per heavy atom. The second-order valence-corrected chi connectivity index (χ2v) is 4.84. The van der Waals surface area contributed by atoms with E-state index in [9.17, 15) is 19.1 Å². The van der Waals surface area contributed by atoms with E-state index >= 15 is 0 Å². The SMILES string of the molecule is Cc1c(C(=O)O)c2cc(=O)cc(F)c-2cn1-c1cccnc1. The molecule has 0 aromatic carbocycles. The Bertz CT molecular complexity index is 903. The highest BCUT2D eigenvalue weighted by Crippen LogP contribution is 2.31. The molecule has 0 saturated carbocycles. The summed E-state index contributed by atoms with van der Waals surface area (Å²) in [5.74, 6) is -1.96. The van der Waals surface area contributed by atoms with Gasteiger partial charge < -0.3 is 9.67 Å². The van der Waals surface area contributed by atoms with Crippen molar-refractivity contribution in [3.63, 3.8) is 0 Å². The Balaban J connectivity index is 2.46. The molecule has 22 heavy (non-hydrogen) atoms. The zero-order valence-electron chi connectivity index (χ0n) is 11.6. The van der Waals surface area contributed by atoms with E-state index in [4.69, 9.17) is 0 Å². The van der Waals surface area contributed by atoms with E-state index in [0.717, 1.165) is 12.1 Å². The van der Waals surface area contributed by atoms with Gasteiger partial charge in [0.1, 0.15) is 5.82 Å². The zero-order chi connectivity index (χ0) is 15.9. The molecule has 1 aromatic rings. The number of hydrogen-bond acceptors (Lipinski definition) is 3. The molecule has 3 rings (SSSR count). The lowest BCUT2D eigenvalue weighted by molar-refractivity contribution is 0.0696. The number of hydrogen-bond donors (Lipinski definition) is 1. The highest BCUT2D eigenvalue weighted by molar-refractivity contribution is 5.97. The lowest BCUT2D eigenvalue weighted by Gasteiger charge is -2.19. The van der Waals surface area contributed by atoms with Crippen LogP contribution in [-0.4, -0.2) is 20.6 Å². The summed E-state index contributed by atoms with van der Waals surface area (Å²) in [6, 6.07) is 5.42. The predicted molar refractivity (Wildman–Crippen MR) is 78.1 cm³/mol. The average molecular weight is 298 g/mol. The fourth-order valence-corrected chi connectivity index (χ4v) is 2.51. The molecule has 5 nitrogen and oxygen atoms in total. The molecular formula is C16H11FN2O3. The van der Waals surface area contributed by atoms with Crippen LogP contribution in [0.4, 0.5) is 4.39 Å². The molecule has 0 saturated heterocycles. The van der Waals surface area contributed by atoms with Gasteiger partial charge >= 0.3 is 5.97 Å². The maximum Gasteiger partial charge on any atom is 0.338 e. The van der Waals surface area contributed by atoms with E-state index in [0.29, 0.717) is 11.4 Å². The average Bonchev–Trinajstić information content (AvgIpc) is 2.47. The van der Waals surface area contributed by atoms with Gasteiger partial charge in [-0.15, -0.1) is 0 Å².